The highest BCUT2D eigenvalue weighted by Gasteiger charge is 2.29. The molecule has 0 aromatic carbocycles. The lowest BCUT2D eigenvalue weighted by atomic mass is 9.99. The van der Waals surface area contributed by atoms with E-state index in [1.54, 1.807) is 0 Å². The predicted octanol–water partition coefficient (Wildman–Crippen LogP) is -0.388. The van der Waals surface area contributed by atoms with Crippen LogP contribution in [0.3, 0.4) is 0 Å². The van der Waals surface area contributed by atoms with Crippen LogP contribution in [0.15, 0.2) is 23.5 Å². The van der Waals surface area contributed by atoms with Crippen molar-refractivity contribution in [2.24, 2.45) is 0 Å². The molecule has 0 aromatic rings. The summed E-state index contributed by atoms with van der Waals surface area (Å²) in [5.74, 6) is -3.23. The van der Waals surface area contributed by atoms with Gasteiger partial charge < -0.3 is 20.1 Å². The lowest BCUT2D eigenvalue weighted by Gasteiger charge is -2.21. The van der Waals surface area contributed by atoms with E-state index in [0.29, 0.717) is 0 Å². The molecule has 13 heavy (non-hydrogen) atoms. The number of carbonyl (C=O) groups is 1. The van der Waals surface area contributed by atoms with E-state index in [9.17, 15) is 4.79 Å². The zero-order valence-corrected chi connectivity index (χ0v) is 7.02. The van der Waals surface area contributed by atoms with Gasteiger partial charge in [0.15, 0.2) is 5.79 Å². The first-order valence-corrected chi connectivity index (χ1v) is 3.60. The first-order chi connectivity index (χ1) is 5.94. The summed E-state index contributed by atoms with van der Waals surface area (Å²) < 4.78 is 4.36. The molecule has 0 saturated heterocycles. The number of methoxy groups -OCH3 is 1. The minimum absolute atomic E-state index is 0.0208. The Morgan fingerprint density at radius 3 is 2.69 bits per heavy atom. The molecule has 0 bridgehead atoms. The lowest BCUT2D eigenvalue weighted by Crippen LogP contribution is -2.30. The zero-order chi connectivity index (χ0) is 10.1. The van der Waals surface area contributed by atoms with Crippen molar-refractivity contribution in [1.29, 1.82) is 0 Å². The molecule has 0 aromatic heterocycles. The Balaban J connectivity index is 2.91. The molecule has 0 unspecified atom stereocenters. The topological polar surface area (TPSA) is 87.0 Å². The van der Waals surface area contributed by atoms with E-state index in [4.69, 9.17) is 15.3 Å². The number of hydrogen-bond donors (Lipinski definition) is 3. The minimum atomic E-state index is -2.18. The first-order valence-electron chi connectivity index (χ1n) is 3.60. The fraction of sp³-hybridized carbons (Fsp3) is 0.375. The van der Waals surface area contributed by atoms with Gasteiger partial charge in [0.1, 0.15) is 5.76 Å². The molecule has 0 spiro atoms. The molecule has 0 fully saturated rings. The highest BCUT2D eigenvalue weighted by Crippen LogP contribution is 2.23. The van der Waals surface area contributed by atoms with Crippen LogP contribution in [0.2, 0.25) is 0 Å². The maximum atomic E-state index is 10.9. The third-order valence-electron chi connectivity index (χ3n) is 1.60. The van der Waals surface area contributed by atoms with E-state index >= 15 is 0 Å². The molecule has 0 amide bonds. The monoisotopic (exact) mass is 186 g/mol. The maximum Gasteiger partial charge on any atom is 0.334 e. The fourth-order valence-corrected chi connectivity index (χ4v) is 1.10. The van der Waals surface area contributed by atoms with E-state index in [1.165, 1.54) is 7.11 Å². The van der Waals surface area contributed by atoms with Crippen molar-refractivity contribution >= 4 is 5.97 Å². The van der Waals surface area contributed by atoms with Crippen molar-refractivity contribution < 1.29 is 24.9 Å². The van der Waals surface area contributed by atoms with Crippen LogP contribution in [0.25, 0.3) is 0 Å². The highest BCUT2D eigenvalue weighted by molar-refractivity contribution is 5.89. The Morgan fingerprint density at radius 2 is 2.23 bits per heavy atom. The van der Waals surface area contributed by atoms with Gasteiger partial charge in [-0.15, -0.1) is 0 Å². The van der Waals surface area contributed by atoms with Crippen molar-refractivity contribution in [3.63, 3.8) is 0 Å². The van der Waals surface area contributed by atoms with Gasteiger partial charge in [0.05, 0.1) is 7.11 Å². The maximum absolute atomic E-state index is 10.9. The zero-order valence-electron chi connectivity index (χ0n) is 7.02. The van der Waals surface area contributed by atoms with Gasteiger partial charge in [-0.05, 0) is 6.08 Å². The molecule has 0 heterocycles. The van der Waals surface area contributed by atoms with E-state index in [0.717, 1.165) is 12.2 Å². The second-order valence-corrected chi connectivity index (χ2v) is 2.79. The molecule has 0 aliphatic heterocycles. The molecule has 3 N–H and O–H groups in total. The van der Waals surface area contributed by atoms with Gasteiger partial charge in [0, 0.05) is 18.1 Å². The van der Waals surface area contributed by atoms with Crippen LogP contribution in [0, 0.1) is 0 Å². The normalized spacial score (nSPS) is 20.2. The van der Waals surface area contributed by atoms with Crippen molar-refractivity contribution in [1.82, 2.24) is 0 Å². The molecule has 1 aliphatic rings. The predicted molar refractivity (Wildman–Crippen MR) is 42.6 cm³/mol. The number of allylic oxidation sites excluding steroid dienone is 1. The lowest BCUT2D eigenvalue weighted by molar-refractivity contribution is -0.143. The second kappa shape index (κ2) is 3.20. The molecule has 0 atom stereocenters. The number of ether oxygens (including phenoxy) is 1. The molecule has 1 rings (SSSR count). The van der Waals surface area contributed by atoms with E-state index in [2.05, 4.69) is 4.74 Å². The van der Waals surface area contributed by atoms with E-state index in [1.807, 2.05) is 0 Å². The highest BCUT2D eigenvalue weighted by atomic mass is 16.5. The Labute approximate surface area is 74.6 Å². The number of rotatable bonds is 1. The summed E-state index contributed by atoms with van der Waals surface area (Å²) in [5.41, 5.74) is 0.0208. The summed E-state index contributed by atoms with van der Waals surface area (Å²) in [4.78, 5) is 10.9. The van der Waals surface area contributed by atoms with Gasteiger partial charge in [0.25, 0.3) is 0 Å². The molecule has 0 radical (unpaired) electrons. The molecule has 1 aliphatic carbocycles. The van der Waals surface area contributed by atoms with Crippen molar-refractivity contribution in [2.45, 2.75) is 12.2 Å². The van der Waals surface area contributed by atoms with Gasteiger partial charge in [-0.1, -0.05) is 0 Å². The van der Waals surface area contributed by atoms with Crippen LogP contribution < -0.4 is 0 Å². The van der Waals surface area contributed by atoms with E-state index in [-0.39, 0.29) is 17.8 Å². The van der Waals surface area contributed by atoms with Crippen molar-refractivity contribution in [2.75, 3.05) is 7.11 Å². The Kier molecular flexibility index (Phi) is 2.40. The Hall–Kier alpha value is -1.33. The molecule has 5 nitrogen and oxygen atoms in total. The molecule has 72 valence electrons. The fourth-order valence-electron chi connectivity index (χ4n) is 1.10. The molecule has 0 saturated carbocycles. The third-order valence-corrected chi connectivity index (χ3v) is 1.60. The van der Waals surface area contributed by atoms with Crippen LogP contribution in [0.4, 0.5) is 0 Å². The molecule has 5 heteroatoms. The summed E-state index contributed by atoms with van der Waals surface area (Å²) in [7, 11) is 1.18. The summed E-state index contributed by atoms with van der Waals surface area (Å²) in [6.45, 7) is 0. The third kappa shape index (κ3) is 2.30. The number of aliphatic hydroxyl groups excluding tert-OH is 1. The molecular formula is C8H10O5. The van der Waals surface area contributed by atoms with Crippen LogP contribution in [0.1, 0.15) is 6.42 Å². The van der Waals surface area contributed by atoms with Gasteiger partial charge in [-0.2, -0.15) is 0 Å². The first kappa shape index (κ1) is 9.76. The van der Waals surface area contributed by atoms with Crippen molar-refractivity contribution in [3.8, 4) is 0 Å². The van der Waals surface area contributed by atoms with E-state index < -0.39 is 11.8 Å². The quantitative estimate of drug-likeness (QED) is 0.383. The largest absolute Gasteiger partial charge is 0.508 e. The SMILES string of the molecule is COC(=O)C1=CC(O)=CC(O)(O)C1. The Morgan fingerprint density at radius 1 is 1.62 bits per heavy atom. The van der Waals surface area contributed by atoms with Gasteiger partial charge in [-0.25, -0.2) is 4.79 Å². The minimum Gasteiger partial charge on any atom is -0.508 e. The average molecular weight is 186 g/mol. The van der Waals surface area contributed by atoms with Gasteiger partial charge in [-0.3, -0.25) is 0 Å². The number of esters is 1. The summed E-state index contributed by atoms with van der Waals surface area (Å²) in [5, 5.41) is 27.3. The second-order valence-electron chi connectivity index (χ2n) is 2.79. The summed E-state index contributed by atoms with van der Waals surface area (Å²) in [6.07, 6.45) is 1.69. The number of carbonyl (C=O) groups excluding carboxylic acids is 1. The standard InChI is InChI=1S/C8H10O5/c1-13-7(10)5-2-6(9)4-8(11,12)3-5/h2,4,9,11-12H,3H2,1H3. The van der Waals surface area contributed by atoms with Crippen LogP contribution in [-0.2, 0) is 9.53 Å². The number of hydrogen-bond acceptors (Lipinski definition) is 5. The summed E-state index contributed by atoms with van der Waals surface area (Å²) >= 11 is 0. The summed E-state index contributed by atoms with van der Waals surface area (Å²) in [6, 6.07) is 0. The van der Waals surface area contributed by atoms with Crippen LogP contribution in [0.5, 0.6) is 0 Å². The van der Waals surface area contributed by atoms with Gasteiger partial charge >= 0.3 is 5.97 Å². The average Bonchev–Trinajstić information content (AvgIpc) is 1.99. The van der Waals surface area contributed by atoms with Crippen molar-refractivity contribution in [3.05, 3.63) is 23.5 Å². The molecular weight excluding hydrogens is 176 g/mol. The van der Waals surface area contributed by atoms with Crippen LogP contribution in [-0.4, -0.2) is 34.2 Å². The van der Waals surface area contributed by atoms with Crippen LogP contribution >= 0.6 is 0 Å². The smallest absolute Gasteiger partial charge is 0.334 e. The number of aliphatic hydroxyl groups is 3. The van der Waals surface area contributed by atoms with Gasteiger partial charge in [0.2, 0.25) is 0 Å². The Bertz CT molecular complexity index is 287.